The zero-order chi connectivity index (χ0) is 21.6. The molecule has 29 heavy (non-hydrogen) atoms. The van der Waals surface area contributed by atoms with E-state index in [2.05, 4.69) is 41.9 Å². The summed E-state index contributed by atoms with van der Waals surface area (Å²) in [6.45, 7) is 0.428. The van der Waals surface area contributed by atoms with Gasteiger partial charge in [0.15, 0.2) is 5.83 Å². The molecule has 1 aliphatic rings. The number of hydrogen-bond donors (Lipinski definition) is 4. The summed E-state index contributed by atoms with van der Waals surface area (Å²) in [5, 5.41) is 14.1. The molecule has 2 rings (SSSR count). The number of anilines is 1. The third-order valence-corrected chi connectivity index (χ3v) is 4.23. The van der Waals surface area contributed by atoms with E-state index < -0.39 is 5.83 Å². The molecule has 0 heterocycles. The van der Waals surface area contributed by atoms with Crippen molar-refractivity contribution < 1.29 is 19.1 Å². The van der Waals surface area contributed by atoms with Crippen LogP contribution in [-0.2, 0) is 9.63 Å². The van der Waals surface area contributed by atoms with Crippen molar-refractivity contribution in [3.05, 3.63) is 62.6 Å². The number of carbonyl (C=O) groups excluding carboxylic acids is 1. The lowest BCUT2D eigenvalue weighted by Crippen LogP contribution is -2.13. The lowest BCUT2D eigenvalue weighted by atomic mass is 10.1. The van der Waals surface area contributed by atoms with Gasteiger partial charge in [-0.05, 0) is 30.7 Å². The molecule has 0 fully saturated rings. The summed E-state index contributed by atoms with van der Waals surface area (Å²) in [5.41, 5.74) is 3.50. The lowest BCUT2D eigenvalue weighted by Gasteiger charge is -2.14. The fourth-order valence-corrected chi connectivity index (χ4v) is 2.84. The molecule has 0 spiro atoms. The average molecular weight is 490 g/mol. The van der Waals surface area contributed by atoms with Crippen molar-refractivity contribution in [3.63, 3.8) is 0 Å². The molecular formula is C19H23BrClFN4O3. The highest BCUT2D eigenvalue weighted by Gasteiger charge is 2.18. The average Bonchev–Trinajstić information content (AvgIpc) is 2.86. The molecule has 0 atom stereocenters. The van der Waals surface area contributed by atoms with Crippen molar-refractivity contribution in [1.29, 1.82) is 0 Å². The number of carbonyl (C=O) groups is 1. The highest BCUT2D eigenvalue weighted by Crippen LogP contribution is 2.31. The van der Waals surface area contributed by atoms with Gasteiger partial charge in [-0.15, -0.1) is 0 Å². The highest BCUT2D eigenvalue weighted by molar-refractivity contribution is 9.10. The van der Waals surface area contributed by atoms with Gasteiger partial charge in [-0.3, -0.25) is 14.6 Å². The number of nitrogens with zero attached hydrogens (tertiary/aromatic N) is 1. The highest BCUT2D eigenvalue weighted by atomic mass is 79.9. The van der Waals surface area contributed by atoms with E-state index in [0.29, 0.717) is 35.6 Å². The minimum atomic E-state index is -0.584. The third kappa shape index (κ3) is 8.46. The number of aliphatic hydroxyl groups excluding tert-OH is 1. The van der Waals surface area contributed by atoms with Crippen LogP contribution in [0.5, 0.6) is 0 Å². The van der Waals surface area contributed by atoms with Crippen molar-refractivity contribution >= 4 is 45.8 Å². The van der Waals surface area contributed by atoms with Gasteiger partial charge in [-0.25, -0.2) is 9.87 Å². The van der Waals surface area contributed by atoms with E-state index in [4.69, 9.17) is 16.7 Å². The largest absolute Gasteiger partial charge is 0.394 e. The van der Waals surface area contributed by atoms with Crippen LogP contribution in [0.1, 0.15) is 6.42 Å². The summed E-state index contributed by atoms with van der Waals surface area (Å²) in [7, 11) is 3.22. The van der Waals surface area contributed by atoms with Crippen LogP contribution >= 0.6 is 27.5 Å². The molecule has 0 saturated carbocycles. The van der Waals surface area contributed by atoms with Crippen LogP contribution in [-0.4, -0.2) is 45.0 Å². The summed E-state index contributed by atoms with van der Waals surface area (Å²) in [4.78, 5) is 19.6. The van der Waals surface area contributed by atoms with Gasteiger partial charge in [0.1, 0.15) is 6.29 Å². The van der Waals surface area contributed by atoms with Crippen LogP contribution in [0.4, 0.5) is 10.1 Å². The second-order valence-electron chi connectivity index (χ2n) is 5.41. The standard InChI is InChI=1S/C16H14BrClFN3O.C3H9NO2/c1-20-9-21-14-4-2-3-10(8-23)16(15(14)19)22-13-6-5-11(17)7-12(13)18;1-4-6-3-2-5/h2,4-9,22H,3H2,1H3,(H,20,21);4-5H,2-3H2,1H3. The smallest absolute Gasteiger partial charge is 0.170 e. The Balaban J connectivity index is 0.000000612. The van der Waals surface area contributed by atoms with Crippen LogP contribution in [0.3, 0.4) is 0 Å². The maximum atomic E-state index is 14.8. The first-order valence-electron chi connectivity index (χ1n) is 8.52. The number of hydroxylamine groups is 1. The van der Waals surface area contributed by atoms with Gasteiger partial charge in [0.25, 0.3) is 0 Å². The Morgan fingerprint density at radius 2 is 2.21 bits per heavy atom. The third-order valence-electron chi connectivity index (χ3n) is 3.42. The number of allylic oxidation sites excluding steroid dienone is 4. The van der Waals surface area contributed by atoms with Gasteiger partial charge in [-0.2, -0.15) is 0 Å². The van der Waals surface area contributed by atoms with Gasteiger partial charge in [0, 0.05) is 24.1 Å². The number of aliphatic imine (C=N–C) groups is 1. The van der Waals surface area contributed by atoms with Crippen LogP contribution in [0.15, 0.2) is 62.6 Å². The summed E-state index contributed by atoms with van der Waals surface area (Å²) in [6, 6.07) is 5.16. The van der Waals surface area contributed by atoms with E-state index >= 15 is 0 Å². The Bertz CT molecular complexity index is 809. The van der Waals surface area contributed by atoms with E-state index in [0.717, 1.165) is 4.47 Å². The monoisotopic (exact) mass is 488 g/mol. The normalized spacial score (nSPS) is 13.9. The molecule has 7 nitrogen and oxygen atoms in total. The second-order valence-corrected chi connectivity index (χ2v) is 6.73. The van der Waals surface area contributed by atoms with Gasteiger partial charge in [0.2, 0.25) is 0 Å². The Labute approximate surface area is 182 Å². The minimum absolute atomic E-state index is 0.0703. The summed E-state index contributed by atoms with van der Waals surface area (Å²) in [6.07, 6.45) is 5.58. The zero-order valence-corrected chi connectivity index (χ0v) is 18.3. The lowest BCUT2D eigenvalue weighted by molar-refractivity contribution is -0.105. The van der Waals surface area contributed by atoms with Crippen molar-refractivity contribution in [3.8, 4) is 0 Å². The molecule has 0 aromatic heterocycles. The molecule has 1 aliphatic carbocycles. The first kappa shape index (κ1) is 25.0. The van der Waals surface area contributed by atoms with Crippen molar-refractivity contribution in [2.45, 2.75) is 6.42 Å². The second kappa shape index (κ2) is 14.0. The van der Waals surface area contributed by atoms with Crippen LogP contribution < -0.4 is 16.1 Å². The van der Waals surface area contributed by atoms with Crippen molar-refractivity contribution in [1.82, 2.24) is 10.8 Å². The Hall–Kier alpha value is -2.04. The predicted octanol–water partition coefficient (Wildman–Crippen LogP) is 3.49. The van der Waals surface area contributed by atoms with Gasteiger partial charge >= 0.3 is 0 Å². The van der Waals surface area contributed by atoms with E-state index in [1.165, 1.54) is 6.34 Å². The first-order chi connectivity index (χ1) is 14.0. The molecule has 0 unspecified atom stereocenters. The van der Waals surface area contributed by atoms with Gasteiger partial charge < -0.3 is 15.7 Å². The van der Waals surface area contributed by atoms with E-state index in [1.807, 2.05) is 0 Å². The number of benzene rings is 1. The number of halogens is 3. The molecule has 0 bridgehead atoms. The number of aliphatic hydroxyl groups is 1. The molecule has 0 amide bonds. The molecular weight excluding hydrogens is 467 g/mol. The van der Waals surface area contributed by atoms with E-state index in [9.17, 15) is 9.18 Å². The summed E-state index contributed by atoms with van der Waals surface area (Å²) >= 11 is 9.46. The molecule has 10 heteroatoms. The maximum absolute atomic E-state index is 14.8. The summed E-state index contributed by atoms with van der Waals surface area (Å²) in [5.74, 6) is -0.584. The Morgan fingerprint density at radius 3 is 2.76 bits per heavy atom. The number of hydrogen-bond acceptors (Lipinski definition) is 6. The van der Waals surface area contributed by atoms with Gasteiger partial charge in [-0.1, -0.05) is 33.6 Å². The fourth-order valence-electron chi connectivity index (χ4n) is 2.12. The number of rotatable bonds is 8. The molecule has 158 valence electrons. The molecule has 0 saturated heterocycles. The van der Waals surface area contributed by atoms with Crippen LogP contribution in [0.25, 0.3) is 0 Å². The SMILES string of the molecule is CN=CNC1=C(F)C(Nc2ccc(Br)cc2Cl)=C(C=O)CC=C1.CNOCCO. The maximum Gasteiger partial charge on any atom is 0.170 e. The quantitative estimate of drug-likeness (QED) is 0.147. The zero-order valence-electron chi connectivity index (χ0n) is 16.0. The number of nitrogens with one attached hydrogen (secondary N) is 3. The van der Waals surface area contributed by atoms with Crippen LogP contribution in [0.2, 0.25) is 5.02 Å². The molecule has 1 aromatic rings. The van der Waals surface area contributed by atoms with E-state index in [1.54, 1.807) is 44.4 Å². The topological polar surface area (TPSA) is 95.0 Å². The first-order valence-corrected chi connectivity index (χ1v) is 9.69. The van der Waals surface area contributed by atoms with E-state index in [-0.39, 0.29) is 18.0 Å². The minimum Gasteiger partial charge on any atom is -0.394 e. The molecule has 4 N–H and O–H groups in total. The van der Waals surface area contributed by atoms with Crippen LogP contribution in [0, 0.1) is 0 Å². The fraction of sp³-hybridized carbons (Fsp3) is 0.263. The predicted molar refractivity (Wildman–Crippen MR) is 117 cm³/mol. The molecule has 0 aliphatic heterocycles. The van der Waals surface area contributed by atoms with Crippen molar-refractivity contribution in [2.24, 2.45) is 4.99 Å². The Kier molecular flexibility index (Phi) is 12.1. The molecule has 1 aromatic carbocycles. The number of aldehydes is 1. The van der Waals surface area contributed by atoms with Crippen molar-refractivity contribution in [2.75, 3.05) is 32.6 Å². The van der Waals surface area contributed by atoms with Gasteiger partial charge in [0.05, 0.1) is 41.7 Å². The molecule has 0 radical (unpaired) electrons. The summed E-state index contributed by atoms with van der Waals surface area (Å²) < 4.78 is 15.6. The Morgan fingerprint density at radius 1 is 1.45 bits per heavy atom.